The minimum absolute atomic E-state index is 0.0332. The lowest BCUT2D eigenvalue weighted by Crippen LogP contribution is -2.21. The quantitative estimate of drug-likeness (QED) is 0.0537. The van der Waals surface area contributed by atoms with E-state index >= 15 is 0 Å². The minimum atomic E-state index is -1.24. The number of hydrogen-bond donors (Lipinski definition) is 8. The highest BCUT2D eigenvalue weighted by Crippen LogP contribution is 2.29. The second kappa shape index (κ2) is 18.0. The van der Waals surface area contributed by atoms with Crippen LogP contribution in [0.25, 0.3) is 0 Å². The molecule has 304 valence electrons. The molecule has 6 rings (SSSR count). The maximum Gasteiger partial charge on any atom is 0.335 e. The molecule has 0 fully saturated rings. The smallest absolute Gasteiger partial charge is 0.335 e. The van der Waals surface area contributed by atoms with E-state index in [4.69, 9.17) is 4.74 Å². The van der Waals surface area contributed by atoms with Gasteiger partial charge in [0.05, 0.1) is 44.5 Å². The predicted octanol–water partition coefficient (Wildman–Crippen LogP) is 7.28. The first-order chi connectivity index (χ1) is 29.1. The predicted molar refractivity (Wildman–Crippen MR) is 218 cm³/mol. The number of ether oxygens (including phenoxy) is 1. The van der Waals surface area contributed by atoms with Crippen LogP contribution in [-0.4, -0.2) is 67.9 Å². The molecule has 0 saturated carbocycles. The van der Waals surface area contributed by atoms with E-state index in [0.717, 1.165) is 0 Å². The number of nitrogens with one attached hydrogen (secondary N) is 4. The average molecular weight is 823 g/mol. The number of aromatic carboxylic acids is 4. The number of benzene rings is 6. The van der Waals surface area contributed by atoms with E-state index in [-0.39, 0.29) is 78.8 Å². The van der Waals surface area contributed by atoms with Crippen LogP contribution >= 0.6 is 0 Å². The van der Waals surface area contributed by atoms with Gasteiger partial charge in [-0.1, -0.05) is 12.1 Å². The zero-order valence-corrected chi connectivity index (χ0v) is 31.2. The second-order valence-corrected chi connectivity index (χ2v) is 12.9. The van der Waals surface area contributed by atoms with Gasteiger partial charge < -0.3 is 46.4 Å². The van der Waals surface area contributed by atoms with Gasteiger partial charge in [0.25, 0.3) is 23.6 Å². The number of amides is 4. The molecule has 0 radical (unpaired) electrons. The maximum absolute atomic E-state index is 13.8. The van der Waals surface area contributed by atoms with Gasteiger partial charge in [-0.05, 0) is 121 Å². The van der Waals surface area contributed by atoms with Gasteiger partial charge in [0.15, 0.2) is 0 Å². The summed E-state index contributed by atoms with van der Waals surface area (Å²) in [6, 6.07) is 28.8. The Bertz CT molecular complexity index is 2580. The third-order valence-electron chi connectivity index (χ3n) is 8.71. The molecule has 8 N–H and O–H groups in total. The van der Waals surface area contributed by atoms with Crippen molar-refractivity contribution in [2.24, 2.45) is 0 Å². The molecule has 61 heavy (non-hydrogen) atoms. The van der Waals surface area contributed by atoms with Gasteiger partial charge in [-0.25, -0.2) is 19.2 Å². The molecule has 0 aliphatic rings. The van der Waals surface area contributed by atoms with Crippen LogP contribution in [0.4, 0.5) is 22.7 Å². The number of carbonyl (C=O) groups is 8. The van der Waals surface area contributed by atoms with Crippen molar-refractivity contribution in [3.8, 4) is 11.5 Å². The first kappa shape index (κ1) is 41.5. The highest BCUT2D eigenvalue weighted by molar-refractivity contribution is 6.17. The van der Waals surface area contributed by atoms with Crippen LogP contribution in [0.3, 0.4) is 0 Å². The SMILES string of the molecule is O=C(O)c1ccc(NC(=O)c2cc(Oc3ccc(C(=O)Nc4cccc(C(=O)O)c4)c(C(=O)Nc4ccc(C(=O)O)cc4)c3)ccc2C(=O)Nc2cccc(C(=O)O)c2)cc1. The fourth-order valence-corrected chi connectivity index (χ4v) is 5.73. The summed E-state index contributed by atoms with van der Waals surface area (Å²) in [5.74, 6) is -8.19. The van der Waals surface area contributed by atoms with Crippen molar-refractivity contribution in [1.82, 2.24) is 0 Å². The van der Waals surface area contributed by atoms with Crippen LogP contribution in [0, 0.1) is 0 Å². The molecule has 0 bridgehead atoms. The van der Waals surface area contributed by atoms with Gasteiger partial charge in [-0.2, -0.15) is 0 Å². The lowest BCUT2D eigenvalue weighted by Gasteiger charge is -2.15. The Balaban J connectivity index is 1.35. The average Bonchev–Trinajstić information content (AvgIpc) is 3.24. The maximum atomic E-state index is 13.8. The Hall–Kier alpha value is -9.12. The van der Waals surface area contributed by atoms with E-state index in [1.54, 1.807) is 0 Å². The van der Waals surface area contributed by atoms with Crippen molar-refractivity contribution in [1.29, 1.82) is 0 Å². The van der Waals surface area contributed by atoms with Crippen molar-refractivity contribution >= 4 is 70.3 Å². The molecule has 4 amide bonds. The molecular weight excluding hydrogens is 792 g/mol. The summed E-state index contributed by atoms with van der Waals surface area (Å²) in [4.78, 5) is 100. The van der Waals surface area contributed by atoms with Crippen LogP contribution in [0.5, 0.6) is 11.5 Å². The molecule has 17 heteroatoms. The largest absolute Gasteiger partial charge is 0.478 e. The molecule has 0 heterocycles. The van der Waals surface area contributed by atoms with Crippen LogP contribution in [-0.2, 0) is 0 Å². The standard InChI is InChI=1S/C44H30N4O13/c49-37(47-29-5-1-3-25(19-29)43(57)58)33-17-15-31(21-35(33)39(51)45-27-11-7-23(8-12-27)41(53)54)61-32-16-18-34(38(50)48-30-6-2-4-26(20-30)44(59)60)36(22-32)40(52)46-28-13-9-24(10-14-28)42(55)56/h1-22H,(H,45,51)(H,46,52)(H,47,49)(H,48,50)(H,53,54)(H,55,56)(H,57,58)(H,59,60). The summed E-state index contributed by atoms with van der Waals surface area (Å²) in [6.07, 6.45) is 0. The third-order valence-corrected chi connectivity index (χ3v) is 8.71. The van der Waals surface area contributed by atoms with Gasteiger partial charge in [-0.3, -0.25) is 19.2 Å². The fraction of sp³-hybridized carbons (Fsp3) is 0. The van der Waals surface area contributed by atoms with Crippen molar-refractivity contribution in [2.75, 3.05) is 21.3 Å². The van der Waals surface area contributed by atoms with Gasteiger partial charge in [0, 0.05) is 22.7 Å². The topological polar surface area (TPSA) is 275 Å². The summed E-state index contributed by atoms with van der Waals surface area (Å²) in [7, 11) is 0. The van der Waals surface area contributed by atoms with E-state index in [1.807, 2.05) is 0 Å². The molecule has 0 aliphatic carbocycles. The minimum Gasteiger partial charge on any atom is -0.478 e. The Morgan fingerprint density at radius 1 is 0.328 bits per heavy atom. The number of anilines is 4. The van der Waals surface area contributed by atoms with Crippen LogP contribution < -0.4 is 26.0 Å². The Morgan fingerprint density at radius 3 is 1.00 bits per heavy atom. The highest BCUT2D eigenvalue weighted by Gasteiger charge is 2.23. The molecule has 0 aliphatic heterocycles. The van der Waals surface area contributed by atoms with Crippen molar-refractivity contribution in [2.45, 2.75) is 0 Å². The molecule has 17 nitrogen and oxygen atoms in total. The monoisotopic (exact) mass is 822 g/mol. The molecule has 0 aromatic heterocycles. The molecule has 6 aromatic carbocycles. The normalized spacial score (nSPS) is 10.4. The molecule has 0 atom stereocenters. The number of carbonyl (C=O) groups excluding carboxylic acids is 4. The Morgan fingerprint density at radius 2 is 0.656 bits per heavy atom. The summed E-state index contributed by atoms with van der Waals surface area (Å²) < 4.78 is 6.05. The number of hydrogen-bond acceptors (Lipinski definition) is 9. The molecule has 0 spiro atoms. The summed E-state index contributed by atoms with van der Waals surface area (Å²) >= 11 is 0. The summed E-state index contributed by atoms with van der Waals surface area (Å²) in [5, 5.41) is 47.6. The van der Waals surface area contributed by atoms with E-state index in [1.165, 1.54) is 133 Å². The van der Waals surface area contributed by atoms with Gasteiger partial charge in [0.1, 0.15) is 11.5 Å². The third kappa shape index (κ3) is 10.3. The second-order valence-electron chi connectivity index (χ2n) is 12.9. The van der Waals surface area contributed by atoms with E-state index in [2.05, 4.69) is 21.3 Å². The highest BCUT2D eigenvalue weighted by atomic mass is 16.5. The van der Waals surface area contributed by atoms with Crippen LogP contribution in [0.2, 0.25) is 0 Å². The van der Waals surface area contributed by atoms with E-state index in [0.29, 0.717) is 0 Å². The van der Waals surface area contributed by atoms with Crippen molar-refractivity contribution in [3.63, 3.8) is 0 Å². The summed E-state index contributed by atoms with van der Waals surface area (Å²) in [5.41, 5.74) is -0.559. The van der Waals surface area contributed by atoms with Gasteiger partial charge in [0.2, 0.25) is 0 Å². The first-order valence-electron chi connectivity index (χ1n) is 17.7. The lowest BCUT2D eigenvalue weighted by molar-refractivity contribution is 0.0686. The van der Waals surface area contributed by atoms with Crippen molar-refractivity contribution in [3.05, 3.63) is 178 Å². The van der Waals surface area contributed by atoms with Gasteiger partial charge >= 0.3 is 23.9 Å². The zero-order chi connectivity index (χ0) is 43.8. The Kier molecular flexibility index (Phi) is 12.2. The number of carboxylic acids is 4. The van der Waals surface area contributed by atoms with Crippen molar-refractivity contribution < 1.29 is 63.5 Å². The van der Waals surface area contributed by atoms with E-state index in [9.17, 15) is 58.8 Å². The molecular formula is C44H30N4O13. The number of rotatable bonds is 14. The van der Waals surface area contributed by atoms with Gasteiger partial charge in [-0.15, -0.1) is 0 Å². The fourth-order valence-electron chi connectivity index (χ4n) is 5.73. The summed E-state index contributed by atoms with van der Waals surface area (Å²) in [6.45, 7) is 0. The van der Waals surface area contributed by atoms with E-state index < -0.39 is 47.5 Å². The zero-order valence-electron chi connectivity index (χ0n) is 31.2. The lowest BCUT2D eigenvalue weighted by atomic mass is 10.0. The number of carboxylic acid groups (broad SMARTS) is 4. The Labute approximate surface area is 343 Å². The molecule has 0 saturated heterocycles. The van der Waals surface area contributed by atoms with Crippen LogP contribution in [0.15, 0.2) is 133 Å². The molecule has 6 aromatic rings. The first-order valence-corrected chi connectivity index (χ1v) is 17.7. The van der Waals surface area contributed by atoms with Crippen LogP contribution in [0.1, 0.15) is 82.9 Å². The molecule has 0 unspecified atom stereocenters.